The molecule has 0 aliphatic carbocycles. The number of carbonyl (C=O) groups is 2. The second-order valence-corrected chi connectivity index (χ2v) is 8.08. The number of nitrogens with one attached hydrogen (secondary N) is 1. The Morgan fingerprint density at radius 3 is 2.39 bits per heavy atom. The van der Waals surface area contributed by atoms with Crippen molar-refractivity contribution in [2.45, 2.75) is 52.2 Å². The van der Waals surface area contributed by atoms with E-state index < -0.39 is 18.1 Å². The number of halogens is 2. The molecule has 0 radical (unpaired) electrons. The predicted molar refractivity (Wildman–Crippen MR) is 110 cm³/mol. The fraction of sp³-hybridized carbons (Fsp3) is 0.450. The van der Waals surface area contributed by atoms with E-state index in [0.29, 0.717) is 28.7 Å². The highest BCUT2D eigenvalue weighted by atomic mass is 35.5. The van der Waals surface area contributed by atoms with E-state index in [4.69, 9.17) is 23.2 Å². The van der Waals surface area contributed by atoms with Crippen LogP contribution in [0.15, 0.2) is 30.7 Å². The fourth-order valence-electron chi connectivity index (χ4n) is 3.01. The summed E-state index contributed by atoms with van der Waals surface area (Å²) in [6.45, 7) is 5.84. The van der Waals surface area contributed by atoms with E-state index in [0.717, 1.165) is 5.56 Å². The minimum atomic E-state index is -1.02. The minimum Gasteiger partial charge on any atom is -0.480 e. The molecule has 1 heterocycles. The lowest BCUT2D eigenvalue weighted by atomic mass is 9.99. The number of aliphatic carboxylic acids is 1. The molecule has 0 amide bonds. The molecule has 0 fully saturated rings. The number of rotatable bonds is 10. The number of carboxylic acid groups (broad SMARTS) is 1. The first-order valence-electron chi connectivity index (χ1n) is 9.10. The van der Waals surface area contributed by atoms with Crippen molar-refractivity contribution in [2.24, 2.45) is 5.92 Å². The minimum absolute atomic E-state index is 0.0729. The largest absolute Gasteiger partial charge is 0.480 e. The molecule has 0 saturated carbocycles. The Bertz CT molecular complexity index is 816. The molecule has 2 rings (SSSR count). The third kappa shape index (κ3) is 6.06. The monoisotopic (exact) mass is 425 g/mol. The lowest BCUT2D eigenvalue weighted by molar-refractivity contribution is -0.139. The van der Waals surface area contributed by atoms with Crippen LogP contribution in [0.4, 0.5) is 0 Å². The first-order valence-corrected chi connectivity index (χ1v) is 9.85. The Morgan fingerprint density at radius 2 is 1.86 bits per heavy atom. The number of hydrogen-bond donors (Lipinski definition) is 2. The van der Waals surface area contributed by atoms with Gasteiger partial charge in [0, 0.05) is 33.9 Å². The van der Waals surface area contributed by atoms with E-state index in [9.17, 15) is 14.7 Å². The van der Waals surface area contributed by atoms with Crippen LogP contribution in [0.1, 0.15) is 38.4 Å². The Kier molecular flexibility index (Phi) is 8.04. The number of carbonyl (C=O) groups excluding carboxylic acids is 1. The number of aromatic nitrogens is 2. The molecule has 6 nitrogen and oxygen atoms in total. The van der Waals surface area contributed by atoms with Gasteiger partial charge in [0.05, 0.1) is 18.9 Å². The lowest BCUT2D eigenvalue weighted by Crippen LogP contribution is -2.48. The molecule has 0 bridgehead atoms. The van der Waals surface area contributed by atoms with Gasteiger partial charge in [-0.3, -0.25) is 14.9 Å². The van der Waals surface area contributed by atoms with E-state index in [2.05, 4.69) is 10.3 Å². The van der Waals surface area contributed by atoms with E-state index in [1.165, 1.54) is 6.92 Å². The Morgan fingerprint density at radius 1 is 1.21 bits per heavy atom. The SMILES string of the molecule is CC(=O)C(CC(C)C)N[C@@H](Cc1cncn1Cc1c(Cl)cccc1Cl)C(=O)O. The van der Waals surface area contributed by atoms with E-state index in [1.807, 2.05) is 18.4 Å². The van der Waals surface area contributed by atoms with Crippen molar-refractivity contribution in [3.63, 3.8) is 0 Å². The van der Waals surface area contributed by atoms with Crippen molar-refractivity contribution in [2.75, 3.05) is 0 Å². The van der Waals surface area contributed by atoms with Gasteiger partial charge in [0.1, 0.15) is 11.8 Å². The number of nitrogens with zero attached hydrogens (tertiary/aromatic N) is 2. The van der Waals surface area contributed by atoms with Gasteiger partial charge in [-0.05, 0) is 31.4 Å². The zero-order valence-electron chi connectivity index (χ0n) is 16.2. The maximum Gasteiger partial charge on any atom is 0.321 e. The summed E-state index contributed by atoms with van der Waals surface area (Å²) in [5, 5.41) is 13.7. The summed E-state index contributed by atoms with van der Waals surface area (Å²) in [5.74, 6) is -0.821. The standard InChI is InChI=1S/C20H25Cl2N3O3/c1-12(2)7-18(13(3)26)24-19(20(27)28)8-14-9-23-11-25(14)10-15-16(21)5-4-6-17(15)22/h4-6,9,11-12,18-19,24H,7-8,10H2,1-3H3,(H,27,28)/t18?,19-/m0/s1. The number of imidazole rings is 1. The predicted octanol–water partition coefficient (Wildman–Crippen LogP) is 3.83. The van der Waals surface area contributed by atoms with Crippen molar-refractivity contribution < 1.29 is 14.7 Å². The average molecular weight is 426 g/mol. The lowest BCUT2D eigenvalue weighted by Gasteiger charge is -2.23. The van der Waals surface area contributed by atoms with Gasteiger partial charge in [-0.2, -0.15) is 0 Å². The van der Waals surface area contributed by atoms with Crippen LogP contribution >= 0.6 is 23.2 Å². The first kappa shape index (κ1) is 22.4. The molecule has 0 spiro atoms. The van der Waals surface area contributed by atoms with Gasteiger partial charge in [-0.25, -0.2) is 4.98 Å². The van der Waals surface area contributed by atoms with Gasteiger partial charge in [0.2, 0.25) is 0 Å². The van der Waals surface area contributed by atoms with Crippen LogP contribution in [0.5, 0.6) is 0 Å². The first-order chi connectivity index (χ1) is 13.2. The molecule has 2 atom stereocenters. The van der Waals surface area contributed by atoms with Gasteiger partial charge in [-0.1, -0.05) is 43.1 Å². The van der Waals surface area contributed by atoms with Gasteiger partial charge < -0.3 is 9.67 Å². The second-order valence-electron chi connectivity index (χ2n) is 7.27. The third-order valence-electron chi connectivity index (χ3n) is 4.50. The van der Waals surface area contributed by atoms with Crippen LogP contribution in [0.3, 0.4) is 0 Å². The summed E-state index contributed by atoms with van der Waals surface area (Å²) in [5.41, 5.74) is 1.45. The highest BCUT2D eigenvalue weighted by Crippen LogP contribution is 2.25. The van der Waals surface area contributed by atoms with Crippen LogP contribution in [-0.2, 0) is 22.6 Å². The Labute approximate surface area is 174 Å². The maximum absolute atomic E-state index is 11.9. The molecule has 2 aromatic rings. The molecule has 0 aliphatic rings. The molecule has 28 heavy (non-hydrogen) atoms. The summed E-state index contributed by atoms with van der Waals surface area (Å²) < 4.78 is 1.82. The third-order valence-corrected chi connectivity index (χ3v) is 5.21. The van der Waals surface area contributed by atoms with Crippen molar-refractivity contribution >= 4 is 35.0 Å². The highest BCUT2D eigenvalue weighted by Gasteiger charge is 2.26. The molecule has 1 unspecified atom stereocenters. The fourth-order valence-corrected chi connectivity index (χ4v) is 3.52. The van der Waals surface area contributed by atoms with Crippen molar-refractivity contribution in [1.82, 2.24) is 14.9 Å². The molecular weight excluding hydrogens is 401 g/mol. The average Bonchev–Trinajstić information content (AvgIpc) is 3.03. The molecule has 2 N–H and O–H groups in total. The molecule has 1 aromatic heterocycles. The van der Waals surface area contributed by atoms with Gasteiger partial charge >= 0.3 is 5.97 Å². The Balaban J connectivity index is 2.20. The summed E-state index contributed by atoms with van der Waals surface area (Å²) in [6, 6.07) is 3.86. The summed E-state index contributed by atoms with van der Waals surface area (Å²) in [7, 11) is 0. The van der Waals surface area contributed by atoms with Gasteiger partial charge in [-0.15, -0.1) is 0 Å². The molecule has 0 aliphatic heterocycles. The summed E-state index contributed by atoms with van der Waals surface area (Å²) >= 11 is 12.5. The van der Waals surface area contributed by atoms with Crippen LogP contribution < -0.4 is 5.32 Å². The quantitative estimate of drug-likeness (QED) is 0.603. The van der Waals surface area contributed by atoms with E-state index >= 15 is 0 Å². The summed E-state index contributed by atoms with van der Waals surface area (Å²) in [4.78, 5) is 27.9. The summed E-state index contributed by atoms with van der Waals surface area (Å²) in [6.07, 6.45) is 3.99. The zero-order valence-corrected chi connectivity index (χ0v) is 17.7. The topological polar surface area (TPSA) is 84.2 Å². The van der Waals surface area contributed by atoms with Gasteiger partial charge in [0.15, 0.2) is 0 Å². The molecule has 1 aromatic carbocycles. The normalized spacial score (nSPS) is 13.5. The molecule has 8 heteroatoms. The van der Waals surface area contributed by atoms with Gasteiger partial charge in [0.25, 0.3) is 0 Å². The van der Waals surface area contributed by atoms with Crippen molar-refractivity contribution in [3.8, 4) is 0 Å². The maximum atomic E-state index is 11.9. The van der Waals surface area contributed by atoms with Crippen LogP contribution in [0, 0.1) is 5.92 Å². The van der Waals surface area contributed by atoms with E-state index in [1.54, 1.807) is 30.7 Å². The number of carboxylic acids is 1. The number of benzene rings is 1. The van der Waals surface area contributed by atoms with Crippen LogP contribution in [-0.4, -0.2) is 38.5 Å². The highest BCUT2D eigenvalue weighted by molar-refractivity contribution is 6.35. The smallest absolute Gasteiger partial charge is 0.321 e. The van der Waals surface area contributed by atoms with Crippen molar-refractivity contribution in [1.29, 1.82) is 0 Å². The molecule has 0 saturated heterocycles. The van der Waals surface area contributed by atoms with Crippen LogP contribution in [0.25, 0.3) is 0 Å². The number of ketones is 1. The zero-order chi connectivity index (χ0) is 20.8. The number of Topliss-reactive ketones (excluding diaryl/α,β-unsaturated/α-hetero) is 1. The molecular formula is C20H25Cl2N3O3. The van der Waals surface area contributed by atoms with Crippen LogP contribution in [0.2, 0.25) is 10.0 Å². The molecule has 152 valence electrons. The second kappa shape index (κ2) is 10.0. The van der Waals surface area contributed by atoms with Crippen molar-refractivity contribution in [3.05, 3.63) is 52.0 Å². The Hall–Kier alpha value is -1.89. The van der Waals surface area contributed by atoms with E-state index in [-0.39, 0.29) is 18.1 Å². The number of hydrogen-bond acceptors (Lipinski definition) is 4.